The molecule has 27 heavy (non-hydrogen) atoms. The first-order valence-corrected chi connectivity index (χ1v) is 8.67. The summed E-state index contributed by atoms with van der Waals surface area (Å²) in [6, 6.07) is 10.7. The van der Waals surface area contributed by atoms with Crippen LogP contribution in [0.25, 0.3) is 0 Å². The minimum absolute atomic E-state index is 0.00596. The van der Waals surface area contributed by atoms with E-state index in [4.69, 9.17) is 23.2 Å². The predicted octanol–water partition coefficient (Wildman–Crippen LogP) is 5.80. The zero-order chi connectivity index (χ0) is 19.6. The van der Waals surface area contributed by atoms with Crippen LogP contribution in [0.3, 0.4) is 0 Å². The third-order valence-electron chi connectivity index (χ3n) is 3.84. The predicted molar refractivity (Wildman–Crippen MR) is 108 cm³/mol. The average Bonchev–Trinajstić information content (AvgIpc) is 2.61. The summed E-state index contributed by atoms with van der Waals surface area (Å²) in [4.78, 5) is 19.2. The normalized spacial score (nSPS) is 10.5. The monoisotopic (exact) mass is 403 g/mol. The van der Waals surface area contributed by atoms with Gasteiger partial charge in [-0.05, 0) is 37.6 Å². The van der Waals surface area contributed by atoms with E-state index in [1.165, 1.54) is 6.33 Å². The van der Waals surface area contributed by atoms with E-state index in [2.05, 4.69) is 20.6 Å². The SMILES string of the molecule is Cc1ccc(Nc2ncnc(Nc3cccc(Cl)c3Cl)c2[N+](=O)[O-])c(C)c1. The van der Waals surface area contributed by atoms with Crippen molar-refractivity contribution in [3.8, 4) is 0 Å². The number of halogens is 2. The lowest BCUT2D eigenvalue weighted by molar-refractivity contribution is -0.383. The highest BCUT2D eigenvalue weighted by Crippen LogP contribution is 2.37. The maximum absolute atomic E-state index is 11.7. The molecule has 0 amide bonds. The van der Waals surface area contributed by atoms with Crippen LogP contribution in [0.15, 0.2) is 42.7 Å². The van der Waals surface area contributed by atoms with Gasteiger partial charge in [0.1, 0.15) is 6.33 Å². The maximum Gasteiger partial charge on any atom is 0.353 e. The Kier molecular flexibility index (Phi) is 5.43. The van der Waals surface area contributed by atoms with Crippen LogP contribution < -0.4 is 10.6 Å². The lowest BCUT2D eigenvalue weighted by Gasteiger charge is -2.13. The van der Waals surface area contributed by atoms with Crippen LogP contribution in [0, 0.1) is 24.0 Å². The summed E-state index contributed by atoms with van der Waals surface area (Å²) in [7, 11) is 0. The van der Waals surface area contributed by atoms with Gasteiger partial charge in [0.25, 0.3) is 0 Å². The third kappa shape index (κ3) is 4.10. The van der Waals surface area contributed by atoms with Gasteiger partial charge in [-0.25, -0.2) is 9.97 Å². The van der Waals surface area contributed by atoms with Crippen molar-refractivity contribution in [3.63, 3.8) is 0 Å². The molecule has 0 radical (unpaired) electrons. The van der Waals surface area contributed by atoms with Crippen LogP contribution in [-0.4, -0.2) is 14.9 Å². The molecule has 2 N–H and O–H groups in total. The van der Waals surface area contributed by atoms with E-state index in [1.54, 1.807) is 18.2 Å². The number of nitrogens with zero attached hydrogens (tertiary/aromatic N) is 3. The lowest BCUT2D eigenvalue weighted by Crippen LogP contribution is -2.06. The van der Waals surface area contributed by atoms with Crippen molar-refractivity contribution in [2.45, 2.75) is 13.8 Å². The second-order valence-electron chi connectivity index (χ2n) is 5.85. The standard InChI is InChI=1S/C18H15Cl2N5O2/c1-10-6-7-13(11(2)8-10)23-17-16(25(26)27)18(22-9-21-17)24-14-5-3-4-12(19)15(14)20/h3-9H,1-2H3,(H2,21,22,23,24). The second-order valence-corrected chi connectivity index (χ2v) is 6.63. The van der Waals surface area contributed by atoms with Gasteiger partial charge < -0.3 is 10.6 Å². The molecule has 1 heterocycles. The van der Waals surface area contributed by atoms with E-state index in [9.17, 15) is 10.1 Å². The van der Waals surface area contributed by atoms with Crippen molar-refractivity contribution in [2.75, 3.05) is 10.6 Å². The summed E-state index contributed by atoms with van der Waals surface area (Å²) < 4.78 is 0. The number of hydrogen-bond acceptors (Lipinski definition) is 6. The van der Waals surface area contributed by atoms with Crippen LogP contribution in [0.2, 0.25) is 10.0 Å². The molecule has 0 bridgehead atoms. The minimum Gasteiger partial charge on any atom is -0.334 e. The van der Waals surface area contributed by atoms with E-state index in [-0.39, 0.29) is 22.3 Å². The molecule has 138 valence electrons. The van der Waals surface area contributed by atoms with E-state index in [0.29, 0.717) is 16.4 Å². The van der Waals surface area contributed by atoms with Crippen LogP contribution in [-0.2, 0) is 0 Å². The zero-order valence-corrected chi connectivity index (χ0v) is 16.0. The van der Waals surface area contributed by atoms with E-state index in [1.807, 2.05) is 32.0 Å². The number of hydrogen-bond donors (Lipinski definition) is 2. The molecule has 0 saturated carbocycles. The first kappa shape index (κ1) is 18.9. The highest BCUT2D eigenvalue weighted by atomic mass is 35.5. The van der Waals surface area contributed by atoms with Gasteiger partial charge in [0.15, 0.2) is 0 Å². The highest BCUT2D eigenvalue weighted by molar-refractivity contribution is 6.43. The summed E-state index contributed by atoms with van der Waals surface area (Å²) in [5.74, 6) is 0.0778. The lowest BCUT2D eigenvalue weighted by atomic mass is 10.1. The smallest absolute Gasteiger partial charge is 0.334 e. The Morgan fingerprint density at radius 3 is 2.30 bits per heavy atom. The molecule has 0 aliphatic heterocycles. The Hall–Kier alpha value is -2.90. The topological polar surface area (TPSA) is 93.0 Å². The van der Waals surface area contributed by atoms with Gasteiger partial charge in [0, 0.05) is 5.69 Å². The molecule has 0 unspecified atom stereocenters. The van der Waals surface area contributed by atoms with Gasteiger partial charge in [-0.1, -0.05) is 47.0 Å². The molecule has 2 aromatic carbocycles. The van der Waals surface area contributed by atoms with Gasteiger partial charge in [0.05, 0.1) is 20.7 Å². The molecule has 1 aromatic heterocycles. The first-order valence-electron chi connectivity index (χ1n) is 7.91. The van der Waals surface area contributed by atoms with Gasteiger partial charge in [-0.15, -0.1) is 0 Å². The molecule has 3 rings (SSSR count). The van der Waals surface area contributed by atoms with Crippen LogP contribution in [0.4, 0.5) is 28.7 Å². The summed E-state index contributed by atoms with van der Waals surface area (Å²) in [6.45, 7) is 3.88. The van der Waals surface area contributed by atoms with Crippen LogP contribution in [0.5, 0.6) is 0 Å². The number of benzene rings is 2. The molecule has 3 aromatic rings. The molecular formula is C18H15Cl2N5O2. The molecule has 0 atom stereocenters. The van der Waals surface area contributed by atoms with Crippen molar-refractivity contribution in [3.05, 3.63) is 74.0 Å². The Balaban J connectivity index is 2.02. The van der Waals surface area contributed by atoms with Crippen molar-refractivity contribution < 1.29 is 4.92 Å². The van der Waals surface area contributed by atoms with Crippen LogP contribution in [0.1, 0.15) is 11.1 Å². The molecule has 0 aliphatic carbocycles. The summed E-state index contributed by atoms with van der Waals surface area (Å²) in [6.07, 6.45) is 1.24. The fraction of sp³-hybridized carbons (Fsp3) is 0.111. The molecule has 7 nitrogen and oxygen atoms in total. The largest absolute Gasteiger partial charge is 0.353 e. The van der Waals surface area contributed by atoms with Crippen LogP contribution >= 0.6 is 23.2 Å². The highest BCUT2D eigenvalue weighted by Gasteiger charge is 2.24. The second kappa shape index (κ2) is 7.77. The number of rotatable bonds is 5. The number of nitrogens with one attached hydrogen (secondary N) is 2. The molecule has 0 aliphatic rings. The van der Waals surface area contributed by atoms with Gasteiger partial charge in [-0.3, -0.25) is 10.1 Å². The molecule has 0 spiro atoms. The van der Waals surface area contributed by atoms with Gasteiger partial charge in [-0.2, -0.15) is 0 Å². The number of aryl methyl sites for hydroxylation is 2. The molecular weight excluding hydrogens is 389 g/mol. The van der Waals surface area contributed by atoms with E-state index >= 15 is 0 Å². The molecule has 0 fully saturated rings. The van der Waals surface area contributed by atoms with Crippen molar-refractivity contribution in [2.24, 2.45) is 0 Å². The number of nitro groups is 1. The quantitative estimate of drug-likeness (QED) is 0.413. The number of anilines is 4. The van der Waals surface area contributed by atoms with E-state index < -0.39 is 4.92 Å². The minimum atomic E-state index is -0.549. The van der Waals surface area contributed by atoms with E-state index in [0.717, 1.165) is 11.1 Å². The first-order chi connectivity index (χ1) is 12.9. The number of aromatic nitrogens is 2. The molecule has 9 heteroatoms. The third-order valence-corrected chi connectivity index (χ3v) is 4.66. The fourth-order valence-corrected chi connectivity index (χ4v) is 2.89. The van der Waals surface area contributed by atoms with Crippen molar-refractivity contribution in [1.29, 1.82) is 0 Å². The van der Waals surface area contributed by atoms with Crippen molar-refractivity contribution >= 4 is 51.9 Å². The Bertz CT molecular complexity index is 1030. The average molecular weight is 404 g/mol. The molecule has 0 saturated heterocycles. The van der Waals surface area contributed by atoms with Crippen molar-refractivity contribution in [1.82, 2.24) is 9.97 Å². The Morgan fingerprint density at radius 2 is 1.67 bits per heavy atom. The summed E-state index contributed by atoms with van der Waals surface area (Å²) in [5, 5.41) is 18.1. The zero-order valence-electron chi connectivity index (χ0n) is 14.5. The summed E-state index contributed by atoms with van der Waals surface area (Å²) in [5.41, 5.74) is 2.86. The maximum atomic E-state index is 11.7. The summed E-state index contributed by atoms with van der Waals surface area (Å²) >= 11 is 12.2. The Labute approximate surface area is 165 Å². The van der Waals surface area contributed by atoms with Gasteiger partial charge >= 0.3 is 5.69 Å². The fourth-order valence-electron chi connectivity index (χ4n) is 2.54. The Morgan fingerprint density at radius 1 is 1.00 bits per heavy atom. The van der Waals surface area contributed by atoms with Gasteiger partial charge in [0.2, 0.25) is 11.6 Å².